The first-order chi connectivity index (χ1) is 16.4. The van der Waals surface area contributed by atoms with Crippen molar-refractivity contribution < 1.29 is 9.84 Å². The Bertz CT molecular complexity index is 1290. The molecule has 0 radical (unpaired) electrons. The Balaban J connectivity index is 1.50. The third kappa shape index (κ3) is 6.24. The average Bonchev–Trinajstić information content (AvgIpc) is 3.22. The normalized spacial score (nSPS) is 12.5. The van der Waals surface area contributed by atoms with Gasteiger partial charge in [0, 0.05) is 29.1 Å². The third-order valence-electron chi connectivity index (χ3n) is 5.28. The molecule has 0 bridgehead atoms. The number of fused-ring (bicyclic) bond motifs is 1. The summed E-state index contributed by atoms with van der Waals surface area (Å²) in [6.07, 6.45) is -0.675. The fourth-order valence-corrected chi connectivity index (χ4v) is 5.09. The molecule has 0 saturated carbocycles. The predicted molar refractivity (Wildman–Crippen MR) is 139 cm³/mol. The standard InChI is InChI=1S/C26H28ClN3O3S/c1-17(2)12-30(13-20(31)15-33-21-9-4-3-5-10-21)14-23-28-25(32)24-22(16-34-26(24)29-23)18-7-6-8-19(27)11-18/h3-11,16-17,20,31H,12-15H2,1-2H3,(H,28,29,32). The number of nitrogens with zero attached hydrogens (tertiary/aromatic N) is 2. The van der Waals surface area contributed by atoms with E-state index in [0.717, 1.165) is 23.4 Å². The van der Waals surface area contributed by atoms with Crippen molar-refractivity contribution in [2.45, 2.75) is 26.5 Å². The maximum Gasteiger partial charge on any atom is 0.260 e. The summed E-state index contributed by atoms with van der Waals surface area (Å²) in [6, 6.07) is 16.9. The van der Waals surface area contributed by atoms with Gasteiger partial charge < -0.3 is 14.8 Å². The SMILES string of the molecule is CC(C)CN(Cc1nc2scc(-c3cccc(Cl)c3)c2c(=O)[nH]1)CC(O)COc1ccccc1. The molecule has 8 heteroatoms. The Morgan fingerprint density at radius 3 is 2.68 bits per heavy atom. The van der Waals surface area contributed by atoms with Gasteiger partial charge in [0.1, 0.15) is 29.1 Å². The molecule has 2 N–H and O–H groups in total. The molecule has 0 fully saturated rings. The molecule has 0 aliphatic rings. The lowest BCUT2D eigenvalue weighted by Gasteiger charge is -2.26. The van der Waals surface area contributed by atoms with Gasteiger partial charge in [-0.2, -0.15) is 0 Å². The summed E-state index contributed by atoms with van der Waals surface area (Å²) in [5.74, 6) is 1.68. The second-order valence-electron chi connectivity index (χ2n) is 8.72. The monoisotopic (exact) mass is 497 g/mol. The number of rotatable bonds is 10. The Kier molecular flexibility index (Phi) is 8.00. The van der Waals surface area contributed by atoms with Gasteiger partial charge in [-0.3, -0.25) is 9.69 Å². The van der Waals surface area contributed by atoms with E-state index in [9.17, 15) is 9.90 Å². The summed E-state index contributed by atoms with van der Waals surface area (Å²) in [7, 11) is 0. The van der Waals surface area contributed by atoms with Gasteiger partial charge >= 0.3 is 0 Å². The quantitative estimate of drug-likeness (QED) is 0.315. The Morgan fingerprint density at radius 1 is 1.15 bits per heavy atom. The number of hydrogen-bond donors (Lipinski definition) is 2. The summed E-state index contributed by atoms with van der Waals surface area (Å²) in [4.78, 5) is 23.5. The van der Waals surface area contributed by atoms with E-state index in [1.165, 1.54) is 11.3 Å². The van der Waals surface area contributed by atoms with Crippen LogP contribution >= 0.6 is 22.9 Å². The van der Waals surface area contributed by atoms with Crippen LogP contribution in [0.5, 0.6) is 5.75 Å². The highest BCUT2D eigenvalue weighted by Crippen LogP contribution is 2.32. The molecular formula is C26H28ClN3O3S. The molecule has 0 spiro atoms. The fraction of sp³-hybridized carbons (Fsp3) is 0.308. The Labute approximate surface area is 207 Å². The van der Waals surface area contributed by atoms with Crippen molar-refractivity contribution in [2.24, 2.45) is 5.92 Å². The van der Waals surface area contributed by atoms with E-state index in [4.69, 9.17) is 21.3 Å². The molecule has 2 heterocycles. The van der Waals surface area contributed by atoms with Crippen molar-refractivity contribution in [1.29, 1.82) is 0 Å². The van der Waals surface area contributed by atoms with Crippen molar-refractivity contribution >= 4 is 33.2 Å². The number of H-pyrrole nitrogens is 1. The van der Waals surface area contributed by atoms with E-state index in [1.54, 1.807) is 0 Å². The van der Waals surface area contributed by atoms with Gasteiger partial charge in [0.05, 0.1) is 11.9 Å². The van der Waals surface area contributed by atoms with Crippen LogP contribution in [0.3, 0.4) is 0 Å². The van der Waals surface area contributed by atoms with Crippen molar-refractivity contribution in [3.8, 4) is 16.9 Å². The minimum Gasteiger partial charge on any atom is -0.491 e. The Morgan fingerprint density at radius 2 is 1.94 bits per heavy atom. The van der Waals surface area contributed by atoms with Crippen LogP contribution in [0.2, 0.25) is 5.02 Å². The highest BCUT2D eigenvalue weighted by Gasteiger charge is 2.18. The third-order valence-corrected chi connectivity index (χ3v) is 6.39. The molecule has 1 atom stereocenters. The molecular weight excluding hydrogens is 470 g/mol. The van der Waals surface area contributed by atoms with Gasteiger partial charge in [0.2, 0.25) is 0 Å². The number of halogens is 1. The molecule has 6 nitrogen and oxygen atoms in total. The molecule has 0 saturated heterocycles. The van der Waals surface area contributed by atoms with Gasteiger partial charge in [-0.1, -0.05) is 55.8 Å². The highest BCUT2D eigenvalue weighted by molar-refractivity contribution is 7.17. The molecule has 4 rings (SSSR count). The van der Waals surface area contributed by atoms with Gasteiger partial charge in [0.15, 0.2) is 0 Å². The number of aliphatic hydroxyl groups is 1. The number of ether oxygens (including phenoxy) is 1. The number of para-hydroxylation sites is 1. The maximum absolute atomic E-state index is 13.0. The van der Waals surface area contributed by atoms with Crippen LogP contribution in [0, 0.1) is 5.92 Å². The zero-order chi connectivity index (χ0) is 24.1. The molecule has 178 valence electrons. The number of benzene rings is 2. The lowest BCUT2D eigenvalue weighted by atomic mass is 10.1. The number of aliphatic hydroxyl groups excluding tert-OH is 1. The van der Waals surface area contributed by atoms with Crippen molar-refractivity contribution in [2.75, 3.05) is 19.7 Å². The summed E-state index contributed by atoms with van der Waals surface area (Å²) in [5, 5.41) is 13.7. The molecule has 34 heavy (non-hydrogen) atoms. The largest absolute Gasteiger partial charge is 0.491 e. The number of aromatic amines is 1. The van der Waals surface area contributed by atoms with Gasteiger partial charge in [-0.05, 0) is 35.7 Å². The van der Waals surface area contributed by atoms with Crippen LogP contribution in [0.25, 0.3) is 21.3 Å². The topological polar surface area (TPSA) is 78.5 Å². The lowest BCUT2D eigenvalue weighted by molar-refractivity contribution is 0.0606. The summed E-state index contributed by atoms with van der Waals surface area (Å²) < 4.78 is 5.70. The highest BCUT2D eigenvalue weighted by atomic mass is 35.5. The summed E-state index contributed by atoms with van der Waals surface area (Å²) >= 11 is 7.58. The van der Waals surface area contributed by atoms with E-state index >= 15 is 0 Å². The molecule has 0 amide bonds. The molecule has 2 aromatic heterocycles. The first-order valence-corrected chi connectivity index (χ1v) is 12.5. The molecule has 0 aliphatic heterocycles. The van der Waals surface area contributed by atoms with Gasteiger partial charge in [-0.25, -0.2) is 4.98 Å². The van der Waals surface area contributed by atoms with Crippen LogP contribution in [0.1, 0.15) is 19.7 Å². The fourth-order valence-electron chi connectivity index (χ4n) is 3.93. The number of hydrogen-bond acceptors (Lipinski definition) is 6. The van der Waals surface area contributed by atoms with Crippen LogP contribution < -0.4 is 10.3 Å². The molecule has 4 aromatic rings. The molecule has 1 unspecified atom stereocenters. The smallest absolute Gasteiger partial charge is 0.260 e. The van der Waals surface area contributed by atoms with E-state index in [0.29, 0.717) is 40.1 Å². The van der Waals surface area contributed by atoms with E-state index in [2.05, 4.69) is 23.7 Å². The number of thiophene rings is 1. The van der Waals surface area contributed by atoms with Crippen LogP contribution in [-0.4, -0.2) is 45.8 Å². The van der Waals surface area contributed by atoms with Crippen LogP contribution in [0.15, 0.2) is 64.8 Å². The number of aromatic nitrogens is 2. The predicted octanol–water partition coefficient (Wildman–Crippen LogP) is 5.20. The number of nitrogens with one attached hydrogen (secondary N) is 1. The van der Waals surface area contributed by atoms with E-state index < -0.39 is 6.10 Å². The maximum atomic E-state index is 13.0. The van der Waals surface area contributed by atoms with Crippen molar-refractivity contribution in [3.63, 3.8) is 0 Å². The lowest BCUT2D eigenvalue weighted by Crippen LogP contribution is -2.38. The summed E-state index contributed by atoms with van der Waals surface area (Å²) in [5.41, 5.74) is 1.55. The van der Waals surface area contributed by atoms with E-state index in [1.807, 2.05) is 60.0 Å². The van der Waals surface area contributed by atoms with Crippen LogP contribution in [-0.2, 0) is 6.54 Å². The second kappa shape index (κ2) is 11.1. The first kappa shape index (κ1) is 24.4. The minimum atomic E-state index is -0.675. The molecule has 2 aromatic carbocycles. The van der Waals surface area contributed by atoms with Gasteiger partial charge in [-0.15, -0.1) is 11.3 Å². The van der Waals surface area contributed by atoms with E-state index in [-0.39, 0.29) is 12.2 Å². The minimum absolute atomic E-state index is 0.173. The first-order valence-electron chi connectivity index (χ1n) is 11.2. The second-order valence-corrected chi connectivity index (χ2v) is 10.0. The zero-order valence-corrected chi connectivity index (χ0v) is 20.8. The molecule has 0 aliphatic carbocycles. The van der Waals surface area contributed by atoms with Crippen molar-refractivity contribution in [3.05, 3.63) is 81.2 Å². The van der Waals surface area contributed by atoms with Crippen LogP contribution in [0.4, 0.5) is 0 Å². The van der Waals surface area contributed by atoms with Crippen molar-refractivity contribution in [1.82, 2.24) is 14.9 Å². The zero-order valence-electron chi connectivity index (χ0n) is 19.2. The average molecular weight is 498 g/mol. The van der Waals surface area contributed by atoms with Gasteiger partial charge in [0.25, 0.3) is 5.56 Å². The Hall–Kier alpha value is -2.71. The summed E-state index contributed by atoms with van der Waals surface area (Å²) in [6.45, 7) is 6.02.